The van der Waals surface area contributed by atoms with Crippen LogP contribution in [0.5, 0.6) is 0 Å². The number of hydrogen-bond donors (Lipinski definition) is 1. The number of hydrogen-bond acceptors (Lipinski definition) is 5. The monoisotopic (exact) mass is 266 g/mol. The Balaban J connectivity index is 2.54. The van der Waals surface area contributed by atoms with Gasteiger partial charge in [-0.2, -0.15) is 0 Å². The minimum absolute atomic E-state index is 0.0363. The normalized spacial score (nSPS) is 10.0. The molecule has 1 aromatic heterocycles. The van der Waals surface area contributed by atoms with Crippen LogP contribution in [0.1, 0.15) is 20.3 Å². The van der Waals surface area contributed by atoms with Crippen molar-refractivity contribution in [2.45, 2.75) is 20.3 Å². The van der Waals surface area contributed by atoms with Crippen LogP contribution < -0.4 is 5.32 Å². The minimum atomic E-state index is -0.498. The maximum absolute atomic E-state index is 11.8. The summed E-state index contributed by atoms with van der Waals surface area (Å²) in [5.41, 5.74) is 0.296. The zero-order valence-electron chi connectivity index (χ0n) is 11.1. The standard InChI is InChI=1S/C12H18N4O3/c1-3-15(4-2)12(17)6-8-14-10-5-7-13-9-11(10)16(18)19/h5,7,9H,3-4,6,8H2,1-2H3,(H,13,14). The smallest absolute Gasteiger partial charge is 0.310 e. The number of nitrogens with one attached hydrogen (secondary N) is 1. The highest BCUT2D eigenvalue weighted by atomic mass is 16.6. The van der Waals surface area contributed by atoms with E-state index in [-0.39, 0.29) is 11.6 Å². The first-order valence-electron chi connectivity index (χ1n) is 6.20. The molecular formula is C12H18N4O3. The Kier molecular flexibility index (Phi) is 5.72. The van der Waals surface area contributed by atoms with E-state index in [1.165, 1.54) is 18.5 Å². The lowest BCUT2D eigenvalue weighted by Crippen LogP contribution is -2.31. The summed E-state index contributed by atoms with van der Waals surface area (Å²) in [6.07, 6.45) is 2.97. The van der Waals surface area contributed by atoms with Gasteiger partial charge in [-0.25, -0.2) is 0 Å². The summed E-state index contributed by atoms with van der Waals surface area (Å²) in [6, 6.07) is 1.53. The molecule has 0 radical (unpaired) electrons. The number of amides is 1. The number of anilines is 1. The van der Waals surface area contributed by atoms with Crippen molar-refractivity contribution in [1.82, 2.24) is 9.88 Å². The Bertz CT molecular complexity index is 446. The molecule has 1 rings (SSSR count). The Morgan fingerprint density at radius 3 is 2.74 bits per heavy atom. The van der Waals surface area contributed by atoms with Crippen LogP contribution in [0.15, 0.2) is 18.5 Å². The summed E-state index contributed by atoms with van der Waals surface area (Å²) in [5, 5.41) is 13.7. The number of aromatic nitrogens is 1. The van der Waals surface area contributed by atoms with Crippen molar-refractivity contribution in [2.24, 2.45) is 0 Å². The second kappa shape index (κ2) is 7.30. The molecule has 0 atom stereocenters. The van der Waals surface area contributed by atoms with Crippen LogP contribution in [0, 0.1) is 10.1 Å². The van der Waals surface area contributed by atoms with E-state index in [2.05, 4.69) is 10.3 Å². The van der Waals surface area contributed by atoms with E-state index >= 15 is 0 Å². The van der Waals surface area contributed by atoms with Gasteiger partial charge in [0.15, 0.2) is 0 Å². The highest BCUT2D eigenvalue weighted by Gasteiger charge is 2.14. The molecule has 19 heavy (non-hydrogen) atoms. The van der Waals surface area contributed by atoms with Crippen LogP contribution >= 0.6 is 0 Å². The van der Waals surface area contributed by atoms with Gasteiger partial charge >= 0.3 is 5.69 Å². The van der Waals surface area contributed by atoms with Gasteiger partial charge in [0.25, 0.3) is 0 Å². The quantitative estimate of drug-likeness (QED) is 0.599. The van der Waals surface area contributed by atoms with E-state index in [1.54, 1.807) is 4.90 Å². The predicted octanol–water partition coefficient (Wildman–Crippen LogP) is 1.66. The molecule has 0 saturated carbocycles. The molecule has 0 spiro atoms. The Morgan fingerprint density at radius 2 is 2.16 bits per heavy atom. The van der Waals surface area contributed by atoms with Crippen molar-refractivity contribution >= 4 is 17.3 Å². The molecule has 104 valence electrons. The highest BCUT2D eigenvalue weighted by molar-refractivity contribution is 5.76. The average molecular weight is 266 g/mol. The molecular weight excluding hydrogens is 248 g/mol. The summed E-state index contributed by atoms with van der Waals surface area (Å²) in [5.74, 6) is 0.0363. The van der Waals surface area contributed by atoms with Gasteiger partial charge in [-0.15, -0.1) is 0 Å². The lowest BCUT2D eigenvalue weighted by molar-refractivity contribution is -0.384. The molecule has 0 aliphatic rings. The van der Waals surface area contributed by atoms with Gasteiger partial charge in [-0.3, -0.25) is 19.9 Å². The fourth-order valence-corrected chi connectivity index (χ4v) is 1.72. The fraction of sp³-hybridized carbons (Fsp3) is 0.500. The number of pyridine rings is 1. The molecule has 0 aromatic carbocycles. The molecule has 1 N–H and O–H groups in total. The zero-order valence-corrected chi connectivity index (χ0v) is 11.1. The third-order valence-electron chi connectivity index (χ3n) is 2.77. The molecule has 7 nitrogen and oxygen atoms in total. The summed E-state index contributed by atoms with van der Waals surface area (Å²) in [6.45, 7) is 5.54. The van der Waals surface area contributed by atoms with Crippen molar-refractivity contribution < 1.29 is 9.72 Å². The SMILES string of the molecule is CCN(CC)C(=O)CCNc1ccncc1[N+](=O)[O-]. The molecule has 0 aliphatic heterocycles. The topological polar surface area (TPSA) is 88.4 Å². The molecule has 0 saturated heterocycles. The highest BCUT2D eigenvalue weighted by Crippen LogP contribution is 2.21. The van der Waals surface area contributed by atoms with Gasteiger partial charge in [0.2, 0.25) is 5.91 Å². The van der Waals surface area contributed by atoms with Crippen LogP contribution in [0.2, 0.25) is 0 Å². The number of rotatable bonds is 7. The maximum atomic E-state index is 11.8. The van der Waals surface area contributed by atoms with Crippen LogP contribution in [0.25, 0.3) is 0 Å². The molecule has 1 amide bonds. The number of carbonyl (C=O) groups excluding carboxylic acids is 1. The van der Waals surface area contributed by atoms with E-state index in [1.807, 2.05) is 13.8 Å². The Morgan fingerprint density at radius 1 is 1.47 bits per heavy atom. The molecule has 1 aromatic rings. The molecule has 7 heteroatoms. The lowest BCUT2D eigenvalue weighted by atomic mass is 10.3. The summed E-state index contributed by atoms with van der Waals surface area (Å²) < 4.78 is 0. The number of nitrogens with zero attached hydrogens (tertiary/aromatic N) is 3. The lowest BCUT2D eigenvalue weighted by Gasteiger charge is -2.18. The van der Waals surface area contributed by atoms with Crippen LogP contribution in [-0.2, 0) is 4.79 Å². The van der Waals surface area contributed by atoms with E-state index < -0.39 is 4.92 Å². The van der Waals surface area contributed by atoms with Gasteiger partial charge in [0.05, 0.1) is 4.92 Å². The van der Waals surface area contributed by atoms with Gasteiger partial charge in [0, 0.05) is 32.3 Å². The first-order chi connectivity index (χ1) is 9.10. The molecule has 0 aliphatic carbocycles. The average Bonchev–Trinajstić information content (AvgIpc) is 2.40. The van der Waals surface area contributed by atoms with Crippen LogP contribution in [0.4, 0.5) is 11.4 Å². The van der Waals surface area contributed by atoms with E-state index in [0.717, 1.165) is 0 Å². The van der Waals surface area contributed by atoms with Crippen LogP contribution in [0.3, 0.4) is 0 Å². The van der Waals surface area contributed by atoms with E-state index in [4.69, 9.17) is 0 Å². The Hall–Kier alpha value is -2.18. The first kappa shape index (κ1) is 14.9. The van der Waals surface area contributed by atoms with Gasteiger partial charge in [0.1, 0.15) is 11.9 Å². The third kappa shape index (κ3) is 4.20. The first-order valence-corrected chi connectivity index (χ1v) is 6.20. The molecule has 1 heterocycles. The second-order valence-electron chi connectivity index (χ2n) is 3.89. The van der Waals surface area contributed by atoms with Gasteiger partial charge in [-0.05, 0) is 19.9 Å². The maximum Gasteiger partial charge on any atom is 0.310 e. The predicted molar refractivity (Wildman–Crippen MR) is 71.9 cm³/mol. The zero-order chi connectivity index (χ0) is 14.3. The van der Waals surface area contributed by atoms with E-state index in [0.29, 0.717) is 31.7 Å². The largest absolute Gasteiger partial charge is 0.379 e. The minimum Gasteiger partial charge on any atom is -0.379 e. The summed E-state index contributed by atoms with van der Waals surface area (Å²) >= 11 is 0. The second-order valence-corrected chi connectivity index (χ2v) is 3.89. The summed E-state index contributed by atoms with van der Waals surface area (Å²) in [4.78, 5) is 27.5. The van der Waals surface area contributed by atoms with Crippen molar-refractivity contribution in [1.29, 1.82) is 0 Å². The summed E-state index contributed by atoms with van der Waals surface area (Å²) in [7, 11) is 0. The van der Waals surface area contributed by atoms with Crippen molar-refractivity contribution in [2.75, 3.05) is 25.0 Å². The number of carbonyl (C=O) groups is 1. The van der Waals surface area contributed by atoms with Gasteiger partial charge in [-0.1, -0.05) is 0 Å². The molecule has 0 bridgehead atoms. The third-order valence-corrected chi connectivity index (χ3v) is 2.77. The van der Waals surface area contributed by atoms with Crippen LogP contribution in [-0.4, -0.2) is 40.3 Å². The fourth-order valence-electron chi connectivity index (χ4n) is 1.72. The number of nitro groups is 1. The Labute approximate surface area is 111 Å². The molecule has 0 fully saturated rings. The molecule has 0 unspecified atom stereocenters. The van der Waals surface area contributed by atoms with Crippen molar-refractivity contribution in [3.8, 4) is 0 Å². The van der Waals surface area contributed by atoms with Gasteiger partial charge < -0.3 is 10.2 Å². The van der Waals surface area contributed by atoms with E-state index in [9.17, 15) is 14.9 Å². The van der Waals surface area contributed by atoms with Crippen molar-refractivity contribution in [3.63, 3.8) is 0 Å². The van der Waals surface area contributed by atoms with Crippen molar-refractivity contribution in [3.05, 3.63) is 28.6 Å².